The standard InChI is InChI=1S/C22H26F2N4O2/c1-25-22(27-15-17-6-2-3-7-19(17)30-21(23)24)26-14-16-9-11-18(12-10-16)28-13-5-4-8-20(28)29/h2-3,6-7,9-12,21H,4-5,8,13-15H2,1H3,(H2,25,26,27). The SMILES string of the molecule is CN=C(NCc1ccc(N2CCCCC2=O)cc1)NCc1ccccc1OC(F)F. The number of nitrogens with zero attached hydrogens (tertiary/aromatic N) is 2. The molecule has 0 unspecified atom stereocenters. The molecule has 1 heterocycles. The molecule has 0 atom stereocenters. The van der Waals surface area contributed by atoms with Crippen LogP contribution in [0.4, 0.5) is 14.5 Å². The minimum Gasteiger partial charge on any atom is -0.434 e. The predicted octanol–water partition coefficient (Wildman–Crippen LogP) is 3.67. The summed E-state index contributed by atoms with van der Waals surface area (Å²) in [6, 6.07) is 14.5. The fraction of sp³-hybridized carbons (Fsp3) is 0.364. The van der Waals surface area contributed by atoms with Gasteiger partial charge >= 0.3 is 6.61 Å². The van der Waals surface area contributed by atoms with Crippen molar-refractivity contribution in [2.24, 2.45) is 4.99 Å². The van der Waals surface area contributed by atoms with Crippen molar-refractivity contribution in [3.8, 4) is 5.75 Å². The largest absolute Gasteiger partial charge is 0.434 e. The minimum atomic E-state index is -2.87. The third kappa shape index (κ3) is 5.92. The molecule has 160 valence electrons. The van der Waals surface area contributed by atoms with Crippen LogP contribution >= 0.6 is 0 Å². The molecule has 0 radical (unpaired) electrons. The van der Waals surface area contributed by atoms with Crippen LogP contribution in [0.2, 0.25) is 0 Å². The van der Waals surface area contributed by atoms with E-state index in [9.17, 15) is 13.6 Å². The van der Waals surface area contributed by atoms with Crippen LogP contribution in [0.5, 0.6) is 5.75 Å². The number of halogens is 2. The average Bonchev–Trinajstić information content (AvgIpc) is 2.75. The Morgan fingerprint density at radius 3 is 2.53 bits per heavy atom. The summed E-state index contributed by atoms with van der Waals surface area (Å²) >= 11 is 0. The van der Waals surface area contributed by atoms with Crippen molar-refractivity contribution in [3.05, 3.63) is 59.7 Å². The lowest BCUT2D eigenvalue weighted by atomic mass is 10.1. The Balaban J connectivity index is 1.53. The molecule has 0 aliphatic carbocycles. The van der Waals surface area contributed by atoms with Crippen LogP contribution in [0.3, 0.4) is 0 Å². The van der Waals surface area contributed by atoms with Gasteiger partial charge in [0.15, 0.2) is 5.96 Å². The molecule has 8 heteroatoms. The molecule has 2 aromatic carbocycles. The average molecular weight is 416 g/mol. The van der Waals surface area contributed by atoms with Crippen LogP contribution in [-0.2, 0) is 17.9 Å². The molecule has 2 N–H and O–H groups in total. The number of hydrogen-bond acceptors (Lipinski definition) is 3. The summed E-state index contributed by atoms with van der Waals surface area (Å²) in [4.78, 5) is 18.0. The molecule has 6 nitrogen and oxygen atoms in total. The first-order valence-corrected chi connectivity index (χ1v) is 9.93. The fourth-order valence-electron chi connectivity index (χ4n) is 3.32. The van der Waals surface area contributed by atoms with Crippen molar-refractivity contribution in [1.29, 1.82) is 0 Å². The summed E-state index contributed by atoms with van der Waals surface area (Å²) in [6.45, 7) is -1.28. The number of nitrogens with one attached hydrogen (secondary N) is 2. The van der Waals surface area contributed by atoms with E-state index in [0.717, 1.165) is 30.6 Å². The number of aliphatic imine (C=N–C) groups is 1. The van der Waals surface area contributed by atoms with Crippen molar-refractivity contribution >= 4 is 17.6 Å². The number of alkyl halides is 2. The highest BCUT2D eigenvalue weighted by atomic mass is 19.3. The second-order valence-corrected chi connectivity index (χ2v) is 6.93. The Labute approximate surface area is 174 Å². The van der Waals surface area contributed by atoms with Crippen molar-refractivity contribution in [3.63, 3.8) is 0 Å². The number of benzene rings is 2. The second-order valence-electron chi connectivity index (χ2n) is 6.93. The van der Waals surface area contributed by atoms with E-state index in [-0.39, 0.29) is 11.7 Å². The van der Waals surface area contributed by atoms with E-state index < -0.39 is 6.61 Å². The molecule has 30 heavy (non-hydrogen) atoms. The summed E-state index contributed by atoms with van der Waals surface area (Å²) in [5.41, 5.74) is 2.56. The van der Waals surface area contributed by atoms with Gasteiger partial charge < -0.3 is 20.3 Å². The number of anilines is 1. The van der Waals surface area contributed by atoms with Crippen LogP contribution in [0.25, 0.3) is 0 Å². The monoisotopic (exact) mass is 416 g/mol. The maximum Gasteiger partial charge on any atom is 0.387 e. The molecular formula is C22H26F2N4O2. The molecular weight excluding hydrogens is 390 g/mol. The highest BCUT2D eigenvalue weighted by Gasteiger charge is 2.19. The third-order valence-electron chi connectivity index (χ3n) is 4.89. The van der Waals surface area contributed by atoms with Gasteiger partial charge in [0.05, 0.1) is 0 Å². The van der Waals surface area contributed by atoms with Gasteiger partial charge in [-0.05, 0) is 36.6 Å². The minimum absolute atomic E-state index is 0.137. The van der Waals surface area contributed by atoms with Crippen LogP contribution < -0.4 is 20.3 Å². The van der Waals surface area contributed by atoms with Gasteiger partial charge in [-0.1, -0.05) is 30.3 Å². The number of ether oxygens (including phenoxy) is 1. The molecule has 1 aliphatic rings. The Hall–Kier alpha value is -3.16. The van der Waals surface area contributed by atoms with E-state index >= 15 is 0 Å². The number of guanidine groups is 1. The predicted molar refractivity (Wildman–Crippen MR) is 113 cm³/mol. The van der Waals surface area contributed by atoms with Crippen LogP contribution in [0, 0.1) is 0 Å². The van der Waals surface area contributed by atoms with Crippen LogP contribution in [-0.4, -0.2) is 32.1 Å². The Kier molecular flexibility index (Phi) is 7.59. The summed E-state index contributed by atoms with van der Waals surface area (Å²) in [6.07, 6.45) is 2.60. The van der Waals surface area contributed by atoms with Crippen molar-refractivity contribution < 1.29 is 18.3 Å². The zero-order chi connectivity index (χ0) is 21.3. The summed E-state index contributed by atoms with van der Waals surface area (Å²) in [5, 5.41) is 6.29. The first-order chi connectivity index (χ1) is 14.6. The van der Waals surface area contributed by atoms with Gasteiger partial charge in [0.1, 0.15) is 5.75 Å². The quantitative estimate of drug-likeness (QED) is 0.534. The van der Waals surface area contributed by atoms with E-state index in [1.807, 2.05) is 29.2 Å². The number of rotatable bonds is 7. The maximum absolute atomic E-state index is 12.5. The zero-order valence-corrected chi connectivity index (χ0v) is 16.9. The van der Waals surface area contributed by atoms with Gasteiger partial charge in [0.25, 0.3) is 0 Å². The summed E-state index contributed by atoms with van der Waals surface area (Å²) < 4.78 is 29.6. The normalized spacial score (nSPS) is 14.7. The van der Waals surface area contributed by atoms with E-state index in [4.69, 9.17) is 0 Å². The van der Waals surface area contributed by atoms with Gasteiger partial charge in [0.2, 0.25) is 5.91 Å². The molecule has 1 saturated heterocycles. The molecule has 0 saturated carbocycles. The summed E-state index contributed by atoms with van der Waals surface area (Å²) in [5.74, 6) is 0.850. The highest BCUT2D eigenvalue weighted by molar-refractivity contribution is 5.93. The van der Waals surface area contributed by atoms with E-state index in [0.29, 0.717) is 31.0 Å². The zero-order valence-electron chi connectivity index (χ0n) is 16.9. The van der Waals surface area contributed by atoms with Crippen LogP contribution in [0.1, 0.15) is 30.4 Å². The van der Waals surface area contributed by atoms with Gasteiger partial charge in [0, 0.05) is 44.4 Å². The molecule has 3 rings (SSSR count). The lowest BCUT2D eigenvalue weighted by Gasteiger charge is -2.26. The number of hydrogen-bond donors (Lipinski definition) is 2. The number of piperidine rings is 1. The second kappa shape index (κ2) is 10.6. The Bertz CT molecular complexity index is 872. The molecule has 2 aromatic rings. The van der Waals surface area contributed by atoms with E-state index in [1.165, 1.54) is 6.07 Å². The van der Waals surface area contributed by atoms with Gasteiger partial charge in [-0.25, -0.2) is 0 Å². The first-order valence-electron chi connectivity index (χ1n) is 9.93. The smallest absolute Gasteiger partial charge is 0.387 e. The Morgan fingerprint density at radius 1 is 1.10 bits per heavy atom. The first kappa shape index (κ1) is 21.5. The highest BCUT2D eigenvalue weighted by Crippen LogP contribution is 2.21. The van der Waals surface area contributed by atoms with Gasteiger partial charge in [-0.2, -0.15) is 8.78 Å². The molecule has 0 spiro atoms. The molecule has 1 fully saturated rings. The number of carbonyl (C=O) groups excluding carboxylic acids is 1. The summed E-state index contributed by atoms with van der Waals surface area (Å²) in [7, 11) is 1.64. The molecule has 1 amide bonds. The van der Waals surface area contributed by atoms with Crippen molar-refractivity contribution in [2.45, 2.75) is 39.0 Å². The molecule has 0 aromatic heterocycles. The number of amides is 1. The molecule has 1 aliphatic heterocycles. The molecule has 0 bridgehead atoms. The Morgan fingerprint density at radius 2 is 1.83 bits per heavy atom. The van der Waals surface area contributed by atoms with Crippen LogP contribution in [0.15, 0.2) is 53.5 Å². The lowest BCUT2D eigenvalue weighted by molar-refractivity contribution is -0.119. The third-order valence-corrected chi connectivity index (χ3v) is 4.89. The number of para-hydroxylation sites is 1. The van der Waals surface area contributed by atoms with Gasteiger partial charge in [-0.3, -0.25) is 9.79 Å². The lowest BCUT2D eigenvalue weighted by Crippen LogP contribution is -2.36. The van der Waals surface area contributed by atoms with Crippen molar-refractivity contribution in [2.75, 3.05) is 18.5 Å². The van der Waals surface area contributed by atoms with Crippen molar-refractivity contribution in [1.82, 2.24) is 10.6 Å². The van der Waals surface area contributed by atoms with E-state index in [1.54, 1.807) is 25.2 Å². The number of carbonyl (C=O) groups is 1. The maximum atomic E-state index is 12.5. The van der Waals surface area contributed by atoms with Gasteiger partial charge in [-0.15, -0.1) is 0 Å². The topological polar surface area (TPSA) is 66.0 Å². The van der Waals surface area contributed by atoms with E-state index in [2.05, 4.69) is 20.4 Å². The fourth-order valence-corrected chi connectivity index (χ4v) is 3.32.